The third kappa shape index (κ3) is 5.07. The van der Waals surface area contributed by atoms with E-state index in [1.165, 1.54) is 5.69 Å². The van der Waals surface area contributed by atoms with Gasteiger partial charge in [-0.2, -0.15) is 0 Å². The van der Waals surface area contributed by atoms with Crippen molar-refractivity contribution in [1.82, 2.24) is 25.4 Å². The van der Waals surface area contributed by atoms with Gasteiger partial charge in [-0.25, -0.2) is 0 Å². The average molecular weight is 455 g/mol. The number of hydrogen-bond acceptors (Lipinski definition) is 4. The Balaban J connectivity index is 0.00000225. The highest BCUT2D eigenvalue weighted by atomic mass is 127. The molecule has 2 heterocycles. The summed E-state index contributed by atoms with van der Waals surface area (Å²) < 4.78 is 2.02. The van der Waals surface area contributed by atoms with Crippen LogP contribution in [-0.2, 0) is 13.1 Å². The fourth-order valence-electron chi connectivity index (χ4n) is 2.98. The molecule has 1 atom stereocenters. The fraction of sp³-hybridized carbons (Fsp3) is 0.471. The number of hydrogen-bond donors (Lipinski definition) is 2. The van der Waals surface area contributed by atoms with E-state index >= 15 is 0 Å². The maximum atomic E-state index is 4.32. The highest BCUT2D eigenvalue weighted by Gasteiger charge is 2.23. The normalized spacial score (nSPS) is 17.3. The second kappa shape index (κ2) is 9.59. The molecule has 0 spiro atoms. The summed E-state index contributed by atoms with van der Waals surface area (Å²) in [6.45, 7) is 5.60. The Hall–Kier alpha value is -1.84. The Kier molecular flexibility index (Phi) is 7.48. The molecule has 136 valence electrons. The molecular formula is C17H26IN7. The van der Waals surface area contributed by atoms with Crippen molar-refractivity contribution >= 4 is 35.6 Å². The number of nitrogens with zero attached hydrogens (tertiary/aromatic N) is 5. The molecule has 1 fully saturated rings. The van der Waals surface area contributed by atoms with Gasteiger partial charge >= 0.3 is 0 Å². The van der Waals surface area contributed by atoms with Crippen molar-refractivity contribution < 1.29 is 0 Å². The van der Waals surface area contributed by atoms with E-state index < -0.39 is 0 Å². The van der Waals surface area contributed by atoms with Crippen LogP contribution < -0.4 is 15.5 Å². The van der Waals surface area contributed by atoms with Crippen LogP contribution >= 0.6 is 24.0 Å². The second-order valence-corrected chi connectivity index (χ2v) is 5.87. The Morgan fingerprint density at radius 3 is 2.84 bits per heavy atom. The molecule has 2 N–H and O–H groups in total. The second-order valence-electron chi connectivity index (χ2n) is 5.87. The van der Waals surface area contributed by atoms with E-state index in [0.717, 1.165) is 37.8 Å². The molecule has 1 aromatic heterocycles. The van der Waals surface area contributed by atoms with Gasteiger partial charge in [-0.05, 0) is 25.5 Å². The van der Waals surface area contributed by atoms with E-state index in [9.17, 15) is 0 Å². The molecule has 8 heteroatoms. The fourth-order valence-corrected chi connectivity index (χ4v) is 2.98. The number of nitrogens with one attached hydrogen (secondary N) is 2. The van der Waals surface area contributed by atoms with E-state index in [0.29, 0.717) is 12.6 Å². The minimum atomic E-state index is 0. The van der Waals surface area contributed by atoms with Gasteiger partial charge in [0.15, 0.2) is 11.8 Å². The van der Waals surface area contributed by atoms with Gasteiger partial charge in [-0.1, -0.05) is 18.2 Å². The molecular weight excluding hydrogens is 429 g/mol. The van der Waals surface area contributed by atoms with E-state index in [2.05, 4.69) is 68.0 Å². The number of para-hydroxylation sites is 1. The Labute approximate surface area is 165 Å². The first-order valence-electron chi connectivity index (χ1n) is 8.44. The number of anilines is 1. The number of aromatic nitrogens is 3. The minimum absolute atomic E-state index is 0. The van der Waals surface area contributed by atoms with Gasteiger partial charge < -0.3 is 20.1 Å². The molecule has 7 nitrogen and oxygen atoms in total. The Morgan fingerprint density at radius 2 is 2.12 bits per heavy atom. The molecule has 1 saturated heterocycles. The summed E-state index contributed by atoms with van der Waals surface area (Å²) in [5.74, 6) is 1.72. The lowest BCUT2D eigenvalue weighted by Crippen LogP contribution is -2.44. The molecule has 0 bridgehead atoms. The standard InChI is InChI=1S/C17H25N7.HI/c1-3-23-13-20-22-16(23)11-19-17(18-2)21-14-9-10-24(12-14)15-7-5-4-6-8-15;/h4-8,13-14H,3,9-12H2,1-2H3,(H2,18,19,21);1H. The number of aryl methyl sites for hydroxylation is 1. The van der Waals surface area contributed by atoms with Crippen molar-refractivity contribution in [2.45, 2.75) is 32.5 Å². The van der Waals surface area contributed by atoms with Crippen molar-refractivity contribution in [3.05, 3.63) is 42.5 Å². The van der Waals surface area contributed by atoms with Crippen molar-refractivity contribution in [3.8, 4) is 0 Å². The summed E-state index contributed by atoms with van der Waals surface area (Å²) >= 11 is 0. The zero-order valence-corrected chi connectivity index (χ0v) is 17.1. The zero-order valence-electron chi connectivity index (χ0n) is 14.7. The number of aliphatic imine (C=N–C) groups is 1. The lowest BCUT2D eigenvalue weighted by molar-refractivity contribution is 0.631. The van der Waals surface area contributed by atoms with Gasteiger partial charge in [0.1, 0.15) is 6.33 Å². The first kappa shape index (κ1) is 19.5. The van der Waals surface area contributed by atoms with E-state index in [-0.39, 0.29) is 24.0 Å². The van der Waals surface area contributed by atoms with Crippen LogP contribution in [0, 0.1) is 0 Å². The highest BCUT2D eigenvalue weighted by Crippen LogP contribution is 2.19. The molecule has 1 aliphatic heterocycles. The average Bonchev–Trinajstić information content (AvgIpc) is 3.28. The van der Waals surface area contributed by atoms with Gasteiger partial charge in [0, 0.05) is 38.4 Å². The molecule has 1 aromatic carbocycles. The third-order valence-electron chi connectivity index (χ3n) is 4.32. The first-order chi connectivity index (χ1) is 11.8. The van der Waals surface area contributed by atoms with E-state index in [1.807, 2.05) is 4.57 Å². The van der Waals surface area contributed by atoms with Gasteiger partial charge in [-0.3, -0.25) is 4.99 Å². The number of guanidine groups is 1. The lowest BCUT2D eigenvalue weighted by Gasteiger charge is -2.20. The number of rotatable bonds is 5. The maximum absolute atomic E-state index is 4.32. The molecule has 25 heavy (non-hydrogen) atoms. The van der Waals surface area contributed by atoms with Crippen LogP contribution in [0.15, 0.2) is 41.7 Å². The number of benzene rings is 1. The van der Waals surface area contributed by atoms with Gasteiger partial charge in [0.25, 0.3) is 0 Å². The summed E-state index contributed by atoms with van der Waals surface area (Å²) in [5, 5.41) is 14.9. The van der Waals surface area contributed by atoms with Crippen LogP contribution in [0.1, 0.15) is 19.2 Å². The predicted octanol–water partition coefficient (Wildman–Crippen LogP) is 1.86. The first-order valence-corrected chi connectivity index (χ1v) is 8.44. The van der Waals surface area contributed by atoms with Crippen LogP contribution in [0.5, 0.6) is 0 Å². The summed E-state index contributed by atoms with van der Waals surface area (Å²) in [5.41, 5.74) is 1.28. The van der Waals surface area contributed by atoms with Crippen LogP contribution in [0.25, 0.3) is 0 Å². The summed E-state index contributed by atoms with van der Waals surface area (Å²) in [7, 11) is 1.80. The summed E-state index contributed by atoms with van der Waals surface area (Å²) in [6, 6.07) is 10.9. The largest absolute Gasteiger partial charge is 0.369 e. The van der Waals surface area contributed by atoms with E-state index in [1.54, 1.807) is 13.4 Å². The topological polar surface area (TPSA) is 70.4 Å². The van der Waals surface area contributed by atoms with E-state index in [4.69, 9.17) is 0 Å². The Bertz CT molecular complexity index is 671. The van der Waals surface area contributed by atoms with Crippen LogP contribution in [0.4, 0.5) is 5.69 Å². The van der Waals surface area contributed by atoms with Crippen molar-refractivity contribution in [2.24, 2.45) is 4.99 Å². The molecule has 0 amide bonds. The Morgan fingerprint density at radius 1 is 1.32 bits per heavy atom. The minimum Gasteiger partial charge on any atom is -0.369 e. The van der Waals surface area contributed by atoms with Crippen LogP contribution in [0.2, 0.25) is 0 Å². The molecule has 0 saturated carbocycles. The molecule has 0 radical (unpaired) electrons. The molecule has 1 aliphatic rings. The van der Waals surface area contributed by atoms with Gasteiger partial charge in [0.2, 0.25) is 0 Å². The van der Waals surface area contributed by atoms with Crippen LogP contribution in [0.3, 0.4) is 0 Å². The molecule has 2 aromatic rings. The maximum Gasteiger partial charge on any atom is 0.191 e. The van der Waals surface area contributed by atoms with Crippen molar-refractivity contribution in [1.29, 1.82) is 0 Å². The highest BCUT2D eigenvalue weighted by molar-refractivity contribution is 14.0. The SMILES string of the molecule is CCn1cnnc1CNC(=NC)NC1CCN(c2ccccc2)C1.I. The third-order valence-corrected chi connectivity index (χ3v) is 4.32. The molecule has 3 rings (SSSR count). The lowest BCUT2D eigenvalue weighted by atomic mass is 10.3. The quantitative estimate of drug-likeness (QED) is 0.409. The zero-order chi connectivity index (χ0) is 16.8. The van der Waals surface area contributed by atoms with Gasteiger partial charge in [0.05, 0.1) is 6.54 Å². The van der Waals surface area contributed by atoms with Crippen molar-refractivity contribution in [3.63, 3.8) is 0 Å². The number of halogens is 1. The molecule has 0 aliphatic carbocycles. The van der Waals surface area contributed by atoms with Gasteiger partial charge in [-0.15, -0.1) is 34.2 Å². The molecule has 1 unspecified atom stereocenters. The smallest absolute Gasteiger partial charge is 0.191 e. The summed E-state index contributed by atoms with van der Waals surface area (Å²) in [6.07, 6.45) is 2.85. The monoisotopic (exact) mass is 455 g/mol. The summed E-state index contributed by atoms with van der Waals surface area (Å²) in [4.78, 5) is 6.72. The van der Waals surface area contributed by atoms with Crippen molar-refractivity contribution in [2.75, 3.05) is 25.0 Å². The predicted molar refractivity (Wildman–Crippen MR) is 112 cm³/mol. The van der Waals surface area contributed by atoms with Crippen LogP contribution in [-0.4, -0.2) is 46.9 Å².